The molecule has 1 amide bonds. The molecule has 0 atom stereocenters. The third-order valence-corrected chi connectivity index (χ3v) is 4.36. The number of carboxylic acid groups (broad SMARTS) is 1. The highest BCUT2D eigenvalue weighted by Crippen LogP contribution is 2.16. The minimum atomic E-state index is -1.12. The average Bonchev–Trinajstić information content (AvgIpc) is 3.31. The van der Waals surface area contributed by atoms with E-state index < -0.39 is 11.8 Å². The maximum Gasteiger partial charge on any atom is 0.371 e. The predicted octanol–water partition coefficient (Wildman–Crippen LogP) is 4.02. The van der Waals surface area contributed by atoms with Crippen LogP contribution in [-0.2, 0) is 13.1 Å². The first-order valence-electron chi connectivity index (χ1n) is 8.99. The van der Waals surface area contributed by atoms with Crippen LogP contribution in [0.5, 0.6) is 0 Å². The zero-order chi connectivity index (χ0) is 20.1. The molecule has 1 N–H and O–H groups in total. The lowest BCUT2D eigenvalue weighted by Gasteiger charge is -2.23. The van der Waals surface area contributed by atoms with Crippen LogP contribution in [0.2, 0.25) is 0 Å². The van der Waals surface area contributed by atoms with E-state index in [-0.39, 0.29) is 17.2 Å². The van der Waals surface area contributed by atoms with Crippen LogP contribution in [-0.4, -0.2) is 33.0 Å². The molecule has 3 aromatic rings. The first kappa shape index (κ1) is 19.4. The molecular formula is C21H21FN2O4. The molecule has 3 rings (SSSR count). The fraction of sp³-hybridized carbons (Fsp3) is 0.238. The zero-order valence-electron chi connectivity index (χ0n) is 15.5. The van der Waals surface area contributed by atoms with Gasteiger partial charge < -0.3 is 19.0 Å². The van der Waals surface area contributed by atoms with Gasteiger partial charge in [0.05, 0.1) is 18.7 Å². The molecule has 0 unspecified atom stereocenters. The molecule has 0 aliphatic carbocycles. The fourth-order valence-electron chi connectivity index (χ4n) is 3.02. The van der Waals surface area contributed by atoms with Gasteiger partial charge in [0.1, 0.15) is 11.6 Å². The van der Waals surface area contributed by atoms with E-state index in [1.165, 1.54) is 18.2 Å². The second-order valence-corrected chi connectivity index (χ2v) is 6.41. The second-order valence-electron chi connectivity index (χ2n) is 6.41. The van der Waals surface area contributed by atoms with Gasteiger partial charge in [0, 0.05) is 18.4 Å². The van der Waals surface area contributed by atoms with Gasteiger partial charge >= 0.3 is 5.97 Å². The Balaban J connectivity index is 1.79. The monoisotopic (exact) mass is 384 g/mol. The van der Waals surface area contributed by atoms with E-state index in [0.717, 1.165) is 12.1 Å². The van der Waals surface area contributed by atoms with Gasteiger partial charge in [-0.1, -0.05) is 19.1 Å². The number of rotatable bonds is 8. The molecule has 0 saturated heterocycles. The lowest BCUT2D eigenvalue weighted by Crippen LogP contribution is -2.32. The summed E-state index contributed by atoms with van der Waals surface area (Å²) in [4.78, 5) is 25.4. The largest absolute Gasteiger partial charge is 0.475 e. The number of aromatic nitrogens is 1. The van der Waals surface area contributed by atoms with Crippen molar-refractivity contribution >= 4 is 11.9 Å². The van der Waals surface area contributed by atoms with Crippen LogP contribution in [0, 0.1) is 5.82 Å². The maximum absolute atomic E-state index is 14.0. The Hall–Kier alpha value is -3.35. The number of carboxylic acids is 1. The Labute approximate surface area is 161 Å². The summed E-state index contributed by atoms with van der Waals surface area (Å²) in [6.07, 6.45) is 2.57. The maximum atomic E-state index is 14.0. The van der Waals surface area contributed by atoms with Gasteiger partial charge in [0.25, 0.3) is 5.91 Å². The van der Waals surface area contributed by atoms with E-state index in [9.17, 15) is 14.0 Å². The summed E-state index contributed by atoms with van der Waals surface area (Å²) in [5, 5.41) is 8.97. The molecule has 0 aliphatic rings. The number of amides is 1. The van der Waals surface area contributed by atoms with Crippen molar-refractivity contribution in [2.24, 2.45) is 0 Å². The van der Waals surface area contributed by atoms with Gasteiger partial charge in [-0.25, -0.2) is 9.18 Å². The zero-order valence-corrected chi connectivity index (χ0v) is 15.5. The van der Waals surface area contributed by atoms with Crippen molar-refractivity contribution < 1.29 is 23.5 Å². The smallest absolute Gasteiger partial charge is 0.371 e. The topological polar surface area (TPSA) is 75.7 Å². The lowest BCUT2D eigenvalue weighted by atomic mass is 10.1. The van der Waals surface area contributed by atoms with Crippen LogP contribution >= 0.6 is 0 Å². The SMILES string of the molecule is CCCN(Cc1cccn1Cc1ccc(C(=O)O)o1)C(=O)c1ccccc1F. The molecule has 0 radical (unpaired) electrons. The highest BCUT2D eigenvalue weighted by molar-refractivity contribution is 5.94. The normalized spacial score (nSPS) is 10.8. The average molecular weight is 384 g/mol. The number of carbonyl (C=O) groups excluding carboxylic acids is 1. The summed E-state index contributed by atoms with van der Waals surface area (Å²) in [7, 11) is 0. The summed E-state index contributed by atoms with van der Waals surface area (Å²) in [6, 6.07) is 12.7. The number of hydrogen-bond acceptors (Lipinski definition) is 3. The number of carbonyl (C=O) groups is 2. The van der Waals surface area contributed by atoms with Crippen LogP contribution in [0.1, 0.15) is 45.7 Å². The first-order valence-corrected chi connectivity index (χ1v) is 8.99. The van der Waals surface area contributed by atoms with Crippen molar-refractivity contribution in [2.75, 3.05) is 6.54 Å². The first-order chi connectivity index (χ1) is 13.5. The highest BCUT2D eigenvalue weighted by atomic mass is 19.1. The minimum Gasteiger partial charge on any atom is -0.475 e. The van der Waals surface area contributed by atoms with E-state index in [2.05, 4.69) is 0 Å². The van der Waals surface area contributed by atoms with E-state index in [1.54, 1.807) is 23.1 Å². The molecule has 28 heavy (non-hydrogen) atoms. The molecule has 0 spiro atoms. The van der Waals surface area contributed by atoms with Crippen molar-refractivity contribution in [3.63, 3.8) is 0 Å². The summed E-state index contributed by atoms with van der Waals surface area (Å²) in [5.41, 5.74) is 0.887. The van der Waals surface area contributed by atoms with Crippen LogP contribution in [0.4, 0.5) is 4.39 Å². The summed E-state index contributed by atoms with van der Waals surface area (Å²) in [5.74, 6) is -1.65. The van der Waals surface area contributed by atoms with Gasteiger partial charge in [0.15, 0.2) is 0 Å². The molecule has 1 aromatic carbocycles. The van der Waals surface area contributed by atoms with E-state index in [1.807, 2.05) is 29.8 Å². The lowest BCUT2D eigenvalue weighted by molar-refractivity contribution is 0.0658. The van der Waals surface area contributed by atoms with E-state index >= 15 is 0 Å². The Morgan fingerprint density at radius 2 is 1.93 bits per heavy atom. The molecule has 7 heteroatoms. The predicted molar refractivity (Wildman–Crippen MR) is 101 cm³/mol. The van der Waals surface area contributed by atoms with Crippen molar-refractivity contribution in [1.82, 2.24) is 9.47 Å². The fourth-order valence-corrected chi connectivity index (χ4v) is 3.02. The molecule has 0 saturated carbocycles. The van der Waals surface area contributed by atoms with Gasteiger partial charge in [-0.05, 0) is 42.8 Å². The quantitative estimate of drug-likeness (QED) is 0.636. The minimum absolute atomic E-state index is 0.0474. The number of hydrogen-bond donors (Lipinski definition) is 1. The number of furan rings is 1. The summed E-state index contributed by atoms with van der Waals surface area (Å²) >= 11 is 0. The molecule has 2 heterocycles. The third-order valence-electron chi connectivity index (χ3n) is 4.36. The van der Waals surface area contributed by atoms with Crippen molar-refractivity contribution in [2.45, 2.75) is 26.4 Å². The molecule has 0 fully saturated rings. The number of benzene rings is 1. The summed E-state index contributed by atoms with van der Waals surface area (Å²) in [6.45, 7) is 3.09. The molecule has 0 bridgehead atoms. The Morgan fingerprint density at radius 3 is 2.61 bits per heavy atom. The molecular weight excluding hydrogens is 363 g/mol. The van der Waals surface area contributed by atoms with Gasteiger partial charge in [0.2, 0.25) is 5.76 Å². The van der Waals surface area contributed by atoms with Crippen molar-refractivity contribution in [3.8, 4) is 0 Å². The van der Waals surface area contributed by atoms with Gasteiger partial charge in [-0.3, -0.25) is 4.79 Å². The summed E-state index contributed by atoms with van der Waals surface area (Å²) < 4.78 is 21.2. The van der Waals surface area contributed by atoms with Crippen LogP contribution in [0.3, 0.4) is 0 Å². The van der Waals surface area contributed by atoms with Crippen LogP contribution in [0.25, 0.3) is 0 Å². The Bertz CT molecular complexity index is 976. The van der Waals surface area contributed by atoms with Gasteiger partial charge in [-0.15, -0.1) is 0 Å². The van der Waals surface area contributed by atoms with Crippen LogP contribution in [0.15, 0.2) is 59.1 Å². The Morgan fingerprint density at radius 1 is 1.14 bits per heavy atom. The molecule has 2 aromatic heterocycles. The van der Waals surface area contributed by atoms with E-state index in [4.69, 9.17) is 9.52 Å². The highest BCUT2D eigenvalue weighted by Gasteiger charge is 2.20. The van der Waals surface area contributed by atoms with Crippen LogP contribution < -0.4 is 0 Å². The van der Waals surface area contributed by atoms with E-state index in [0.29, 0.717) is 25.4 Å². The standard InChI is InChI=1S/C21H21FN2O4/c1-2-11-24(20(25)17-7-3-4-8-18(17)22)13-15-6-5-12-23(15)14-16-9-10-19(28-16)21(26)27/h3-10,12H,2,11,13-14H2,1H3,(H,26,27). The van der Waals surface area contributed by atoms with Crippen molar-refractivity contribution in [3.05, 3.63) is 83.3 Å². The molecule has 0 aliphatic heterocycles. The third kappa shape index (κ3) is 4.31. The van der Waals surface area contributed by atoms with Gasteiger partial charge in [-0.2, -0.15) is 0 Å². The number of aromatic carboxylic acids is 1. The second kappa shape index (κ2) is 8.56. The van der Waals surface area contributed by atoms with Crippen molar-refractivity contribution in [1.29, 1.82) is 0 Å². The molecule has 146 valence electrons. The number of halogens is 1. The number of nitrogens with zero attached hydrogens (tertiary/aromatic N) is 2. The molecule has 6 nitrogen and oxygen atoms in total. The Kier molecular flexibility index (Phi) is 5.93.